The zero-order valence-corrected chi connectivity index (χ0v) is 12.8. The van der Waals surface area contributed by atoms with Crippen LogP contribution in [0.1, 0.15) is 58.6 Å². The molecule has 0 spiro atoms. The molecule has 1 aromatic heterocycles. The normalized spacial score (nSPS) is 30.7. The number of hydrogen-bond donors (Lipinski definition) is 0. The Bertz CT molecular complexity index is 517. The van der Waals surface area contributed by atoms with Crippen LogP contribution in [0.3, 0.4) is 0 Å². The van der Waals surface area contributed by atoms with E-state index >= 15 is 0 Å². The zero-order valence-electron chi connectivity index (χ0n) is 12.8. The molecule has 1 saturated carbocycles. The molecule has 2 heterocycles. The van der Waals surface area contributed by atoms with Crippen molar-refractivity contribution in [2.75, 3.05) is 0 Å². The molecule has 0 N–H and O–H groups in total. The Morgan fingerprint density at radius 2 is 1.86 bits per heavy atom. The van der Waals surface area contributed by atoms with E-state index in [0.29, 0.717) is 4.68 Å². The van der Waals surface area contributed by atoms with Crippen LogP contribution in [0.25, 0.3) is 0 Å². The standard InChI is InChI=1S/C14H21BF2N2O2/c1-13(2)14(3,4)21-15(20-13)11-6-5-10(11)9-7-18-19(8-9)12(16)17/h7-8,10-12H,5-6H2,1-4H3/t10-,11+/m0/s1. The van der Waals surface area contributed by atoms with Gasteiger partial charge in [-0.2, -0.15) is 13.9 Å². The Morgan fingerprint density at radius 3 is 2.29 bits per heavy atom. The third-order valence-electron chi connectivity index (χ3n) is 5.20. The van der Waals surface area contributed by atoms with Gasteiger partial charge in [0, 0.05) is 12.0 Å². The number of nitrogens with zero attached hydrogens (tertiary/aromatic N) is 2. The van der Waals surface area contributed by atoms with Gasteiger partial charge in [-0.15, -0.1) is 0 Å². The van der Waals surface area contributed by atoms with Crippen LogP contribution in [-0.2, 0) is 9.31 Å². The quantitative estimate of drug-likeness (QED) is 0.800. The first kappa shape index (κ1) is 15.0. The first-order valence-electron chi connectivity index (χ1n) is 7.39. The molecule has 2 atom stereocenters. The second-order valence-electron chi connectivity index (χ2n) is 7.00. The van der Waals surface area contributed by atoms with Crippen molar-refractivity contribution in [1.29, 1.82) is 0 Å². The van der Waals surface area contributed by atoms with Crippen molar-refractivity contribution >= 4 is 7.12 Å². The van der Waals surface area contributed by atoms with Crippen LogP contribution in [0.2, 0.25) is 5.82 Å². The van der Waals surface area contributed by atoms with Crippen molar-refractivity contribution in [3.05, 3.63) is 18.0 Å². The molecule has 0 aromatic carbocycles. The Kier molecular flexibility index (Phi) is 3.41. The molecule has 0 unspecified atom stereocenters. The summed E-state index contributed by atoms with van der Waals surface area (Å²) in [6.07, 6.45) is 4.92. The minimum atomic E-state index is -2.59. The molecule has 1 aliphatic carbocycles. The van der Waals surface area contributed by atoms with Crippen LogP contribution in [-0.4, -0.2) is 28.1 Å². The Balaban J connectivity index is 1.73. The van der Waals surface area contributed by atoms with E-state index < -0.39 is 6.55 Å². The minimum Gasteiger partial charge on any atom is -0.403 e. The topological polar surface area (TPSA) is 36.3 Å². The lowest BCUT2D eigenvalue weighted by Crippen LogP contribution is -2.41. The van der Waals surface area contributed by atoms with E-state index in [1.165, 1.54) is 12.4 Å². The Hall–Kier alpha value is -0.945. The van der Waals surface area contributed by atoms with Gasteiger partial charge in [0.05, 0.1) is 17.4 Å². The van der Waals surface area contributed by atoms with Gasteiger partial charge in [-0.05, 0) is 45.6 Å². The first-order valence-corrected chi connectivity index (χ1v) is 7.39. The highest BCUT2D eigenvalue weighted by Crippen LogP contribution is 2.53. The number of aromatic nitrogens is 2. The Labute approximate surface area is 123 Å². The summed E-state index contributed by atoms with van der Waals surface area (Å²) in [7, 11) is -0.274. The summed E-state index contributed by atoms with van der Waals surface area (Å²) >= 11 is 0. The molecule has 4 nitrogen and oxygen atoms in total. The van der Waals surface area contributed by atoms with Gasteiger partial charge in [0.25, 0.3) is 0 Å². The summed E-state index contributed by atoms with van der Waals surface area (Å²) in [6, 6.07) is 0. The number of rotatable bonds is 3. The minimum absolute atomic E-state index is 0.187. The van der Waals surface area contributed by atoms with Gasteiger partial charge in [-0.3, -0.25) is 0 Å². The van der Waals surface area contributed by atoms with Crippen molar-refractivity contribution in [2.45, 2.75) is 70.0 Å². The maximum Gasteiger partial charge on any atom is 0.461 e. The second-order valence-corrected chi connectivity index (χ2v) is 7.00. The number of hydrogen-bond acceptors (Lipinski definition) is 3. The van der Waals surface area contributed by atoms with Crippen LogP contribution >= 0.6 is 0 Å². The molecule has 116 valence electrons. The predicted molar refractivity (Wildman–Crippen MR) is 75.3 cm³/mol. The molecule has 0 amide bonds. The maximum absolute atomic E-state index is 12.6. The lowest BCUT2D eigenvalue weighted by molar-refractivity contribution is 0.00578. The SMILES string of the molecule is CC1(C)OB([C@@H]2CC[C@H]2c2cnn(C(F)F)c2)OC1(C)C. The summed E-state index contributed by atoms with van der Waals surface area (Å²) in [5.41, 5.74) is 0.136. The third kappa shape index (κ3) is 2.40. The first-order chi connectivity index (χ1) is 9.71. The summed E-state index contributed by atoms with van der Waals surface area (Å²) in [4.78, 5) is 0. The lowest BCUT2D eigenvalue weighted by Gasteiger charge is -2.37. The highest BCUT2D eigenvalue weighted by Gasteiger charge is 2.57. The smallest absolute Gasteiger partial charge is 0.403 e. The van der Waals surface area contributed by atoms with Crippen LogP contribution in [0.4, 0.5) is 8.78 Å². The van der Waals surface area contributed by atoms with Gasteiger partial charge in [0.1, 0.15) is 0 Å². The molecule has 21 heavy (non-hydrogen) atoms. The van der Waals surface area contributed by atoms with Crippen molar-refractivity contribution in [1.82, 2.24) is 9.78 Å². The molecule has 0 bridgehead atoms. The van der Waals surface area contributed by atoms with E-state index in [-0.39, 0.29) is 30.1 Å². The van der Waals surface area contributed by atoms with Crippen LogP contribution in [0.5, 0.6) is 0 Å². The molecule has 1 aliphatic heterocycles. The monoisotopic (exact) mass is 298 g/mol. The molecular weight excluding hydrogens is 277 g/mol. The lowest BCUT2D eigenvalue weighted by atomic mass is 9.53. The summed E-state index contributed by atoms with van der Waals surface area (Å²) in [5.74, 6) is 0.397. The zero-order chi connectivity index (χ0) is 15.4. The molecule has 1 saturated heterocycles. The molecule has 7 heteroatoms. The van der Waals surface area contributed by atoms with Gasteiger partial charge >= 0.3 is 13.7 Å². The van der Waals surface area contributed by atoms with Gasteiger partial charge in [-0.1, -0.05) is 6.42 Å². The average Bonchev–Trinajstić information content (AvgIpc) is 2.81. The van der Waals surface area contributed by atoms with Gasteiger partial charge in [0.2, 0.25) is 0 Å². The molecular formula is C14H21BF2N2O2. The molecule has 2 fully saturated rings. The maximum atomic E-state index is 12.6. The van der Waals surface area contributed by atoms with Crippen molar-refractivity contribution in [3.63, 3.8) is 0 Å². The summed E-state index contributed by atoms with van der Waals surface area (Å²) in [5, 5.41) is 3.72. The van der Waals surface area contributed by atoms with Crippen molar-refractivity contribution in [2.24, 2.45) is 0 Å². The molecule has 1 aromatic rings. The van der Waals surface area contributed by atoms with E-state index in [2.05, 4.69) is 5.10 Å². The van der Waals surface area contributed by atoms with E-state index in [1.807, 2.05) is 27.7 Å². The molecule has 3 rings (SSSR count). The van der Waals surface area contributed by atoms with Gasteiger partial charge in [-0.25, -0.2) is 4.68 Å². The number of alkyl halides is 2. The molecule has 2 aliphatic rings. The van der Waals surface area contributed by atoms with Crippen LogP contribution in [0.15, 0.2) is 12.4 Å². The largest absolute Gasteiger partial charge is 0.461 e. The van der Waals surface area contributed by atoms with Gasteiger partial charge in [0.15, 0.2) is 0 Å². The fourth-order valence-electron chi connectivity index (χ4n) is 2.98. The Morgan fingerprint density at radius 1 is 1.24 bits per heavy atom. The second kappa shape index (κ2) is 4.78. The van der Waals surface area contributed by atoms with E-state index in [4.69, 9.17) is 9.31 Å². The third-order valence-corrected chi connectivity index (χ3v) is 5.20. The average molecular weight is 298 g/mol. The van der Waals surface area contributed by atoms with E-state index in [9.17, 15) is 8.78 Å². The fraction of sp³-hybridized carbons (Fsp3) is 0.786. The highest BCUT2D eigenvalue weighted by atomic mass is 19.3. The van der Waals surface area contributed by atoms with Gasteiger partial charge < -0.3 is 9.31 Å². The van der Waals surface area contributed by atoms with E-state index in [1.54, 1.807) is 0 Å². The van der Waals surface area contributed by atoms with Crippen LogP contribution in [0, 0.1) is 0 Å². The predicted octanol–water partition coefficient (Wildman–Crippen LogP) is 3.62. The fourth-order valence-corrected chi connectivity index (χ4v) is 2.98. The van der Waals surface area contributed by atoms with Crippen molar-refractivity contribution < 1.29 is 18.1 Å². The summed E-state index contributed by atoms with van der Waals surface area (Å²) < 4.78 is 38.1. The summed E-state index contributed by atoms with van der Waals surface area (Å²) in [6.45, 7) is 5.50. The van der Waals surface area contributed by atoms with Crippen LogP contribution < -0.4 is 0 Å². The highest BCUT2D eigenvalue weighted by molar-refractivity contribution is 6.48. The number of halogens is 2. The van der Waals surface area contributed by atoms with Crippen molar-refractivity contribution in [3.8, 4) is 0 Å². The molecule has 0 radical (unpaired) electrons. The van der Waals surface area contributed by atoms with E-state index in [0.717, 1.165) is 18.4 Å².